The van der Waals surface area contributed by atoms with Crippen molar-refractivity contribution in [3.05, 3.63) is 95.1 Å². The van der Waals surface area contributed by atoms with Gasteiger partial charge in [0.2, 0.25) is 0 Å². The molecule has 0 amide bonds. The summed E-state index contributed by atoms with van der Waals surface area (Å²) < 4.78 is 24.3. The Hall–Kier alpha value is -2.76. The normalized spacial score (nSPS) is 17.1. The van der Waals surface area contributed by atoms with Crippen LogP contribution >= 0.6 is 0 Å². The lowest BCUT2D eigenvalue weighted by molar-refractivity contribution is -0.0316. The quantitative estimate of drug-likeness (QED) is 0.581. The van der Waals surface area contributed by atoms with E-state index in [4.69, 9.17) is 9.47 Å². The molecule has 1 atom stereocenters. The van der Waals surface area contributed by atoms with E-state index in [9.17, 15) is 4.39 Å². The van der Waals surface area contributed by atoms with Crippen molar-refractivity contribution >= 4 is 0 Å². The van der Waals surface area contributed by atoms with E-state index in [0.29, 0.717) is 6.61 Å². The summed E-state index contributed by atoms with van der Waals surface area (Å²) in [6.45, 7) is 3.50. The molecule has 1 aromatic heterocycles. The van der Waals surface area contributed by atoms with Crippen LogP contribution in [0.1, 0.15) is 28.5 Å². The fraction of sp³-hybridized carbons (Fsp3) is 0.320. The maximum absolute atomic E-state index is 13.1. The Bertz CT molecular complexity index is 927. The van der Waals surface area contributed by atoms with Gasteiger partial charge in [0.25, 0.3) is 0 Å². The number of hydrogen-bond donors (Lipinski definition) is 0. The lowest BCUT2D eigenvalue weighted by atomic mass is 10.1. The zero-order valence-corrected chi connectivity index (χ0v) is 17.3. The highest BCUT2D eigenvalue weighted by molar-refractivity contribution is 5.28. The summed E-state index contributed by atoms with van der Waals surface area (Å²) in [5, 5.41) is 0. The minimum atomic E-state index is -0.210. The Morgan fingerprint density at radius 3 is 2.43 bits per heavy atom. The number of aromatic nitrogens is 1. The van der Waals surface area contributed by atoms with Crippen molar-refractivity contribution in [1.82, 2.24) is 9.88 Å². The molecule has 4 rings (SSSR count). The molecule has 3 aromatic rings. The monoisotopic (exact) mass is 406 g/mol. The Morgan fingerprint density at radius 1 is 1.00 bits per heavy atom. The van der Waals surface area contributed by atoms with Crippen LogP contribution in [0, 0.1) is 5.82 Å². The Morgan fingerprint density at radius 2 is 1.73 bits per heavy atom. The third kappa shape index (κ3) is 5.43. The van der Waals surface area contributed by atoms with Gasteiger partial charge in [-0.05, 0) is 59.9 Å². The van der Waals surface area contributed by atoms with E-state index in [1.165, 1.54) is 17.7 Å². The molecule has 2 aromatic carbocycles. The zero-order chi connectivity index (χ0) is 20.8. The maximum atomic E-state index is 13.1. The van der Waals surface area contributed by atoms with Crippen LogP contribution in [0.2, 0.25) is 0 Å². The summed E-state index contributed by atoms with van der Waals surface area (Å²) in [7, 11) is 1.69. The molecule has 1 aliphatic heterocycles. The molecule has 2 heterocycles. The molecule has 4 nitrogen and oxygen atoms in total. The number of halogens is 1. The average molecular weight is 407 g/mol. The van der Waals surface area contributed by atoms with Crippen molar-refractivity contribution in [1.29, 1.82) is 0 Å². The standard InChI is InChI=1S/C25H27FN2O2/c1-29-23-9-4-19(5-10-23)12-13-28-14-15-30-25(18-28)24-11-6-21(17-27-24)16-20-2-7-22(26)8-3-20/h2-11,17,25H,12-16,18H2,1H3/t25-/m0/s1. The fourth-order valence-corrected chi connectivity index (χ4v) is 3.73. The Labute approximate surface area is 177 Å². The van der Waals surface area contributed by atoms with E-state index >= 15 is 0 Å². The zero-order valence-electron chi connectivity index (χ0n) is 17.3. The highest BCUT2D eigenvalue weighted by atomic mass is 19.1. The molecule has 30 heavy (non-hydrogen) atoms. The van der Waals surface area contributed by atoms with Gasteiger partial charge in [-0.1, -0.05) is 30.3 Å². The number of benzene rings is 2. The number of ether oxygens (including phenoxy) is 2. The van der Waals surface area contributed by atoms with Gasteiger partial charge in [-0.2, -0.15) is 0 Å². The summed E-state index contributed by atoms with van der Waals surface area (Å²) in [4.78, 5) is 7.09. The highest BCUT2D eigenvalue weighted by Crippen LogP contribution is 2.22. The molecule has 156 valence electrons. The van der Waals surface area contributed by atoms with Gasteiger partial charge in [-0.25, -0.2) is 4.39 Å². The molecule has 1 aliphatic rings. The minimum absolute atomic E-state index is 0.00510. The van der Waals surface area contributed by atoms with Crippen molar-refractivity contribution in [2.75, 3.05) is 33.4 Å². The number of rotatable bonds is 7. The summed E-state index contributed by atoms with van der Waals surface area (Å²) in [6.07, 6.45) is 3.64. The summed E-state index contributed by atoms with van der Waals surface area (Å²) in [5.74, 6) is 0.678. The first-order valence-corrected chi connectivity index (χ1v) is 10.4. The molecule has 0 bridgehead atoms. The number of nitrogens with zero attached hydrogens (tertiary/aromatic N) is 2. The van der Waals surface area contributed by atoms with Gasteiger partial charge in [0.1, 0.15) is 17.7 Å². The lowest BCUT2D eigenvalue weighted by Crippen LogP contribution is -2.39. The van der Waals surface area contributed by atoms with Crippen LogP contribution in [-0.4, -0.2) is 43.2 Å². The number of hydrogen-bond acceptors (Lipinski definition) is 4. The van der Waals surface area contributed by atoms with Crippen molar-refractivity contribution < 1.29 is 13.9 Å². The van der Waals surface area contributed by atoms with E-state index in [1.807, 2.05) is 30.5 Å². The second-order valence-corrected chi connectivity index (χ2v) is 7.65. The van der Waals surface area contributed by atoms with Crippen LogP contribution in [0.3, 0.4) is 0 Å². The van der Waals surface area contributed by atoms with Gasteiger partial charge in [0.15, 0.2) is 0 Å². The lowest BCUT2D eigenvalue weighted by Gasteiger charge is -2.32. The van der Waals surface area contributed by atoms with Crippen molar-refractivity contribution in [2.24, 2.45) is 0 Å². The average Bonchev–Trinajstić information content (AvgIpc) is 2.80. The molecule has 0 saturated carbocycles. The fourth-order valence-electron chi connectivity index (χ4n) is 3.73. The first-order chi connectivity index (χ1) is 14.7. The maximum Gasteiger partial charge on any atom is 0.123 e. The van der Waals surface area contributed by atoms with Gasteiger partial charge in [-0.15, -0.1) is 0 Å². The van der Waals surface area contributed by atoms with Crippen molar-refractivity contribution in [3.8, 4) is 5.75 Å². The smallest absolute Gasteiger partial charge is 0.123 e. The molecule has 0 aliphatic carbocycles. The van der Waals surface area contributed by atoms with Crippen LogP contribution in [0.4, 0.5) is 4.39 Å². The topological polar surface area (TPSA) is 34.6 Å². The largest absolute Gasteiger partial charge is 0.497 e. The van der Waals surface area contributed by atoms with Crippen LogP contribution in [0.5, 0.6) is 5.75 Å². The first-order valence-electron chi connectivity index (χ1n) is 10.4. The summed E-state index contributed by atoms with van der Waals surface area (Å²) >= 11 is 0. The van der Waals surface area contributed by atoms with Gasteiger partial charge in [-0.3, -0.25) is 9.88 Å². The molecule has 1 saturated heterocycles. The van der Waals surface area contributed by atoms with Crippen LogP contribution in [0.25, 0.3) is 0 Å². The summed E-state index contributed by atoms with van der Waals surface area (Å²) in [6, 6.07) is 19.0. The number of pyridine rings is 1. The van der Waals surface area contributed by atoms with Crippen molar-refractivity contribution in [3.63, 3.8) is 0 Å². The molecule has 0 spiro atoms. The van der Waals surface area contributed by atoms with E-state index in [2.05, 4.69) is 34.1 Å². The van der Waals surface area contributed by atoms with Crippen LogP contribution in [-0.2, 0) is 17.6 Å². The predicted octanol–water partition coefficient (Wildman–Crippen LogP) is 4.44. The molecule has 5 heteroatoms. The Kier molecular flexibility index (Phi) is 6.72. The predicted molar refractivity (Wildman–Crippen MR) is 115 cm³/mol. The molecular weight excluding hydrogens is 379 g/mol. The number of morpholine rings is 1. The van der Waals surface area contributed by atoms with E-state index < -0.39 is 0 Å². The SMILES string of the molecule is COc1ccc(CCN2CCO[C@H](c3ccc(Cc4ccc(F)cc4)cn3)C2)cc1. The minimum Gasteiger partial charge on any atom is -0.497 e. The van der Waals surface area contributed by atoms with Gasteiger partial charge >= 0.3 is 0 Å². The third-order valence-electron chi connectivity index (χ3n) is 5.53. The van der Waals surface area contributed by atoms with Crippen LogP contribution in [0.15, 0.2) is 66.9 Å². The molecule has 0 N–H and O–H groups in total. The van der Waals surface area contributed by atoms with Crippen LogP contribution < -0.4 is 4.74 Å². The molecular formula is C25H27FN2O2. The van der Waals surface area contributed by atoms with Crippen molar-refractivity contribution in [2.45, 2.75) is 18.9 Å². The van der Waals surface area contributed by atoms with E-state index in [1.54, 1.807) is 7.11 Å². The van der Waals surface area contributed by atoms with Gasteiger partial charge in [0, 0.05) is 25.8 Å². The van der Waals surface area contributed by atoms with E-state index in [-0.39, 0.29) is 11.9 Å². The van der Waals surface area contributed by atoms with E-state index in [0.717, 1.165) is 55.0 Å². The first kappa shape index (κ1) is 20.5. The third-order valence-corrected chi connectivity index (χ3v) is 5.53. The number of methoxy groups -OCH3 is 1. The Balaban J connectivity index is 1.31. The molecule has 1 fully saturated rings. The molecule has 0 radical (unpaired) electrons. The van der Waals surface area contributed by atoms with Gasteiger partial charge < -0.3 is 9.47 Å². The second kappa shape index (κ2) is 9.83. The van der Waals surface area contributed by atoms with Gasteiger partial charge in [0.05, 0.1) is 19.4 Å². The summed E-state index contributed by atoms with van der Waals surface area (Å²) in [5.41, 5.74) is 4.45. The second-order valence-electron chi connectivity index (χ2n) is 7.65. The molecule has 0 unspecified atom stereocenters. The highest BCUT2D eigenvalue weighted by Gasteiger charge is 2.22.